The molecule has 1 fully saturated rings. The highest BCUT2D eigenvalue weighted by Crippen LogP contribution is 2.19. The van der Waals surface area contributed by atoms with Crippen LogP contribution in [-0.4, -0.2) is 43.8 Å². The van der Waals surface area contributed by atoms with Crippen LogP contribution in [0.3, 0.4) is 0 Å². The lowest BCUT2D eigenvalue weighted by molar-refractivity contribution is 0.0770. The smallest absolute Gasteiger partial charge is 0.258 e. The van der Waals surface area contributed by atoms with Crippen molar-refractivity contribution in [1.82, 2.24) is 4.90 Å². The van der Waals surface area contributed by atoms with Crippen molar-refractivity contribution in [2.45, 2.75) is 0 Å². The molecule has 2 heterocycles. The molecule has 0 saturated carbocycles. The van der Waals surface area contributed by atoms with E-state index in [-0.39, 0.29) is 41.3 Å². The van der Waals surface area contributed by atoms with Gasteiger partial charge in [-0.3, -0.25) is 4.79 Å². The maximum absolute atomic E-state index is 11.9. The van der Waals surface area contributed by atoms with Crippen molar-refractivity contribution in [3.63, 3.8) is 0 Å². The van der Waals surface area contributed by atoms with Gasteiger partial charge in [0.2, 0.25) is 5.22 Å². The zero-order valence-electron chi connectivity index (χ0n) is 8.35. The van der Waals surface area contributed by atoms with Crippen LogP contribution in [0.2, 0.25) is 5.22 Å². The van der Waals surface area contributed by atoms with Crippen LogP contribution >= 0.6 is 11.6 Å². The van der Waals surface area contributed by atoms with Gasteiger partial charge in [-0.05, 0) is 17.7 Å². The minimum Gasteiger partial charge on any atom is -0.452 e. The average Bonchev–Trinajstić information content (AvgIpc) is 2.63. The van der Waals surface area contributed by atoms with Gasteiger partial charge in [0.15, 0.2) is 9.84 Å². The van der Waals surface area contributed by atoms with Crippen molar-refractivity contribution in [2.75, 3.05) is 24.6 Å². The van der Waals surface area contributed by atoms with Crippen molar-refractivity contribution < 1.29 is 17.6 Å². The van der Waals surface area contributed by atoms with E-state index in [1.165, 1.54) is 17.2 Å². The molecule has 0 radical (unpaired) electrons. The first kappa shape index (κ1) is 11.5. The van der Waals surface area contributed by atoms with E-state index in [0.717, 1.165) is 0 Å². The Labute approximate surface area is 97.9 Å². The van der Waals surface area contributed by atoms with Crippen LogP contribution in [-0.2, 0) is 9.84 Å². The number of nitrogens with zero attached hydrogens (tertiary/aromatic N) is 1. The Hall–Kier alpha value is -1.01. The summed E-state index contributed by atoms with van der Waals surface area (Å²) in [7, 11) is -2.98. The molecule has 1 aliphatic heterocycles. The molecular formula is C9H10ClNO4S. The first-order valence-corrected chi connectivity index (χ1v) is 6.92. The predicted molar refractivity (Wildman–Crippen MR) is 58.3 cm³/mol. The highest BCUT2D eigenvalue weighted by atomic mass is 35.5. The van der Waals surface area contributed by atoms with Gasteiger partial charge in [0.25, 0.3) is 5.91 Å². The fourth-order valence-corrected chi connectivity index (χ4v) is 2.93. The summed E-state index contributed by atoms with van der Waals surface area (Å²) in [4.78, 5) is 13.3. The molecule has 0 atom stereocenters. The molecule has 88 valence electrons. The topological polar surface area (TPSA) is 67.6 Å². The molecule has 0 bridgehead atoms. The van der Waals surface area contributed by atoms with Crippen molar-refractivity contribution in [2.24, 2.45) is 0 Å². The summed E-state index contributed by atoms with van der Waals surface area (Å²) in [5, 5.41) is 0.0402. The van der Waals surface area contributed by atoms with Gasteiger partial charge in [-0.15, -0.1) is 0 Å². The highest BCUT2D eigenvalue weighted by molar-refractivity contribution is 7.91. The SMILES string of the molecule is O=C(c1ccoc1Cl)N1CCS(=O)(=O)CC1. The second-order valence-corrected chi connectivity index (χ2v) is 6.20. The van der Waals surface area contributed by atoms with E-state index < -0.39 is 9.84 Å². The first-order chi connectivity index (χ1) is 7.49. The summed E-state index contributed by atoms with van der Waals surface area (Å²) in [5.74, 6) is -0.267. The molecule has 0 aliphatic carbocycles. The quantitative estimate of drug-likeness (QED) is 0.752. The van der Waals surface area contributed by atoms with Crippen molar-refractivity contribution in [1.29, 1.82) is 0 Å². The van der Waals surface area contributed by atoms with E-state index in [1.807, 2.05) is 0 Å². The summed E-state index contributed by atoms with van der Waals surface area (Å²) in [6.07, 6.45) is 1.33. The van der Waals surface area contributed by atoms with Gasteiger partial charge in [-0.2, -0.15) is 0 Å². The third-order valence-electron chi connectivity index (χ3n) is 2.48. The molecule has 7 heteroatoms. The Bertz CT molecular complexity index is 493. The normalized spacial score (nSPS) is 19.7. The van der Waals surface area contributed by atoms with Crippen molar-refractivity contribution in [3.05, 3.63) is 23.1 Å². The molecule has 1 aliphatic rings. The number of carbonyl (C=O) groups is 1. The molecule has 1 amide bonds. The zero-order valence-corrected chi connectivity index (χ0v) is 9.92. The van der Waals surface area contributed by atoms with Crippen molar-refractivity contribution >= 4 is 27.3 Å². The second kappa shape index (κ2) is 4.10. The number of furan rings is 1. The maximum Gasteiger partial charge on any atom is 0.258 e. The van der Waals surface area contributed by atoms with Gasteiger partial charge in [0.05, 0.1) is 23.3 Å². The molecule has 1 saturated heterocycles. The van der Waals surface area contributed by atoms with Crippen LogP contribution in [0.5, 0.6) is 0 Å². The summed E-state index contributed by atoms with van der Waals surface area (Å²) in [6, 6.07) is 1.48. The third kappa shape index (κ3) is 2.22. The molecule has 0 N–H and O–H groups in total. The lowest BCUT2D eigenvalue weighted by atomic mass is 10.3. The van der Waals surface area contributed by atoms with Gasteiger partial charge in [-0.1, -0.05) is 0 Å². The second-order valence-electron chi connectivity index (χ2n) is 3.55. The van der Waals surface area contributed by atoms with E-state index in [4.69, 9.17) is 16.0 Å². The minimum atomic E-state index is -2.98. The molecule has 2 rings (SSSR count). The van der Waals surface area contributed by atoms with E-state index >= 15 is 0 Å². The summed E-state index contributed by atoms with van der Waals surface area (Å²) in [5.41, 5.74) is 0.279. The lowest BCUT2D eigenvalue weighted by Gasteiger charge is -2.26. The highest BCUT2D eigenvalue weighted by Gasteiger charge is 2.27. The van der Waals surface area contributed by atoms with Gasteiger partial charge >= 0.3 is 0 Å². The third-order valence-corrected chi connectivity index (χ3v) is 4.38. The lowest BCUT2D eigenvalue weighted by Crippen LogP contribution is -2.43. The molecular weight excluding hydrogens is 254 g/mol. The number of sulfone groups is 1. The Balaban J connectivity index is 2.11. The standard InChI is InChI=1S/C9H10ClNO4S/c10-8-7(1-4-15-8)9(12)11-2-5-16(13,14)6-3-11/h1,4H,2-3,5-6H2. The molecule has 16 heavy (non-hydrogen) atoms. The Kier molecular flexibility index (Phi) is 2.94. The van der Waals surface area contributed by atoms with Gasteiger partial charge in [-0.25, -0.2) is 8.42 Å². The minimum absolute atomic E-state index is 0.00815. The summed E-state index contributed by atoms with van der Waals surface area (Å²) >= 11 is 5.68. The number of amides is 1. The molecule has 0 unspecified atom stereocenters. The Morgan fingerprint density at radius 1 is 1.38 bits per heavy atom. The number of halogens is 1. The van der Waals surface area contributed by atoms with Crippen molar-refractivity contribution in [3.8, 4) is 0 Å². The van der Waals surface area contributed by atoms with Gasteiger partial charge < -0.3 is 9.32 Å². The molecule has 0 spiro atoms. The zero-order chi connectivity index (χ0) is 11.8. The first-order valence-electron chi connectivity index (χ1n) is 4.72. The largest absolute Gasteiger partial charge is 0.452 e. The predicted octanol–water partition coefficient (Wildman–Crippen LogP) is 0.804. The number of hydrogen-bond donors (Lipinski definition) is 0. The Morgan fingerprint density at radius 2 is 2.00 bits per heavy atom. The van der Waals surface area contributed by atoms with Crippen LogP contribution in [0.15, 0.2) is 16.7 Å². The van der Waals surface area contributed by atoms with Crippen LogP contribution in [0.1, 0.15) is 10.4 Å². The van der Waals surface area contributed by atoms with Crippen LogP contribution in [0, 0.1) is 0 Å². The summed E-state index contributed by atoms with van der Waals surface area (Å²) < 4.78 is 27.2. The van der Waals surface area contributed by atoms with E-state index in [1.54, 1.807) is 0 Å². The Morgan fingerprint density at radius 3 is 2.50 bits per heavy atom. The van der Waals surface area contributed by atoms with Crippen LogP contribution < -0.4 is 0 Å². The van der Waals surface area contributed by atoms with Gasteiger partial charge in [0.1, 0.15) is 0 Å². The van der Waals surface area contributed by atoms with E-state index in [9.17, 15) is 13.2 Å². The number of rotatable bonds is 1. The van der Waals surface area contributed by atoms with Gasteiger partial charge in [0, 0.05) is 13.1 Å². The van der Waals surface area contributed by atoms with Crippen LogP contribution in [0.25, 0.3) is 0 Å². The number of hydrogen-bond acceptors (Lipinski definition) is 4. The van der Waals surface area contributed by atoms with Crippen LogP contribution in [0.4, 0.5) is 0 Å². The molecule has 1 aromatic rings. The molecule has 1 aromatic heterocycles. The number of carbonyl (C=O) groups excluding carboxylic acids is 1. The molecule has 5 nitrogen and oxygen atoms in total. The van der Waals surface area contributed by atoms with E-state index in [0.29, 0.717) is 0 Å². The monoisotopic (exact) mass is 263 g/mol. The fraction of sp³-hybridized carbons (Fsp3) is 0.444. The fourth-order valence-electron chi connectivity index (χ4n) is 1.53. The maximum atomic E-state index is 11.9. The summed E-state index contributed by atoms with van der Waals surface area (Å²) in [6.45, 7) is 0.422. The average molecular weight is 264 g/mol. The van der Waals surface area contributed by atoms with E-state index in [2.05, 4.69) is 0 Å². The molecule has 0 aromatic carbocycles.